The van der Waals surface area contributed by atoms with Crippen molar-refractivity contribution >= 4 is 0 Å². The predicted octanol–water partition coefficient (Wildman–Crippen LogP) is 2.40. The van der Waals surface area contributed by atoms with Crippen molar-refractivity contribution in [2.45, 2.75) is 6.04 Å². The molecular formula is C14H16N2O. The number of hydrogen-bond donors (Lipinski definition) is 1. The van der Waals surface area contributed by atoms with Crippen LogP contribution < -0.4 is 10.1 Å². The fraction of sp³-hybridized carbons (Fsp3) is 0.214. The lowest BCUT2D eigenvalue weighted by atomic mass is 10.0. The van der Waals surface area contributed by atoms with E-state index in [1.165, 1.54) is 5.56 Å². The molecule has 0 spiro atoms. The van der Waals surface area contributed by atoms with Crippen molar-refractivity contribution in [3.8, 4) is 5.75 Å². The first kappa shape index (κ1) is 11.6. The van der Waals surface area contributed by atoms with E-state index in [-0.39, 0.29) is 6.04 Å². The van der Waals surface area contributed by atoms with Gasteiger partial charge in [0.1, 0.15) is 5.75 Å². The molecule has 2 rings (SSSR count). The maximum atomic E-state index is 5.16. The second-order valence-corrected chi connectivity index (χ2v) is 3.78. The minimum Gasteiger partial charge on any atom is -0.497 e. The minimum atomic E-state index is 0.162. The molecule has 0 radical (unpaired) electrons. The van der Waals surface area contributed by atoms with Crippen LogP contribution in [0.2, 0.25) is 0 Å². The van der Waals surface area contributed by atoms with Gasteiger partial charge in [0, 0.05) is 12.4 Å². The molecule has 1 aromatic heterocycles. The van der Waals surface area contributed by atoms with Crippen LogP contribution in [0.4, 0.5) is 0 Å². The highest BCUT2D eigenvalue weighted by molar-refractivity contribution is 5.34. The molecule has 1 unspecified atom stereocenters. The van der Waals surface area contributed by atoms with E-state index in [9.17, 15) is 0 Å². The summed E-state index contributed by atoms with van der Waals surface area (Å²) in [6.45, 7) is 0. The Morgan fingerprint density at radius 1 is 1.12 bits per heavy atom. The molecule has 0 aliphatic heterocycles. The van der Waals surface area contributed by atoms with Crippen LogP contribution in [0.25, 0.3) is 0 Å². The van der Waals surface area contributed by atoms with Gasteiger partial charge >= 0.3 is 0 Å². The Balaban J connectivity index is 2.29. The van der Waals surface area contributed by atoms with Crippen molar-refractivity contribution in [1.82, 2.24) is 10.3 Å². The fourth-order valence-corrected chi connectivity index (χ4v) is 1.87. The normalized spacial score (nSPS) is 12.1. The molecule has 0 fully saturated rings. The van der Waals surface area contributed by atoms with E-state index < -0.39 is 0 Å². The van der Waals surface area contributed by atoms with Gasteiger partial charge in [0.2, 0.25) is 0 Å². The largest absolute Gasteiger partial charge is 0.497 e. The molecule has 1 heterocycles. The smallest absolute Gasteiger partial charge is 0.118 e. The molecule has 1 aromatic carbocycles. The van der Waals surface area contributed by atoms with Crippen LogP contribution in [0, 0.1) is 0 Å². The Hall–Kier alpha value is -1.87. The summed E-state index contributed by atoms with van der Waals surface area (Å²) >= 11 is 0. The topological polar surface area (TPSA) is 34.1 Å². The molecule has 1 N–H and O–H groups in total. The lowest BCUT2D eigenvalue weighted by molar-refractivity contribution is 0.414. The Kier molecular flexibility index (Phi) is 3.73. The first-order chi connectivity index (χ1) is 8.35. The van der Waals surface area contributed by atoms with E-state index >= 15 is 0 Å². The molecule has 0 saturated carbocycles. The molecule has 2 aromatic rings. The average molecular weight is 228 g/mol. The molecule has 0 aliphatic rings. The lowest BCUT2D eigenvalue weighted by Gasteiger charge is -2.16. The van der Waals surface area contributed by atoms with Gasteiger partial charge in [0.25, 0.3) is 0 Å². The number of methoxy groups -OCH3 is 1. The SMILES string of the molecule is CNC(c1ccc(OC)cc1)c1cccnc1. The highest BCUT2D eigenvalue weighted by Crippen LogP contribution is 2.22. The van der Waals surface area contributed by atoms with E-state index in [1.54, 1.807) is 13.3 Å². The summed E-state index contributed by atoms with van der Waals surface area (Å²) in [5.41, 5.74) is 2.35. The highest BCUT2D eigenvalue weighted by atomic mass is 16.5. The number of aromatic nitrogens is 1. The zero-order chi connectivity index (χ0) is 12.1. The summed E-state index contributed by atoms with van der Waals surface area (Å²) in [5, 5.41) is 3.29. The fourth-order valence-electron chi connectivity index (χ4n) is 1.87. The van der Waals surface area contributed by atoms with Crippen LogP contribution in [-0.2, 0) is 0 Å². The van der Waals surface area contributed by atoms with Crippen molar-refractivity contribution in [3.05, 3.63) is 59.9 Å². The van der Waals surface area contributed by atoms with Crippen LogP contribution >= 0.6 is 0 Å². The van der Waals surface area contributed by atoms with Gasteiger partial charge in [0.15, 0.2) is 0 Å². The van der Waals surface area contributed by atoms with Crippen LogP contribution in [0.3, 0.4) is 0 Å². The van der Waals surface area contributed by atoms with Crippen LogP contribution in [0.15, 0.2) is 48.8 Å². The molecule has 17 heavy (non-hydrogen) atoms. The van der Waals surface area contributed by atoms with Gasteiger partial charge in [-0.2, -0.15) is 0 Å². The lowest BCUT2D eigenvalue weighted by Crippen LogP contribution is -2.17. The number of rotatable bonds is 4. The molecule has 3 heteroatoms. The quantitative estimate of drug-likeness (QED) is 0.872. The number of hydrogen-bond acceptors (Lipinski definition) is 3. The van der Waals surface area contributed by atoms with Gasteiger partial charge < -0.3 is 10.1 Å². The van der Waals surface area contributed by atoms with Gasteiger partial charge in [-0.05, 0) is 36.4 Å². The van der Waals surface area contributed by atoms with Crippen molar-refractivity contribution < 1.29 is 4.74 Å². The maximum Gasteiger partial charge on any atom is 0.118 e. The third-order valence-corrected chi connectivity index (χ3v) is 2.76. The summed E-state index contributed by atoms with van der Waals surface area (Å²) in [5.74, 6) is 0.870. The summed E-state index contributed by atoms with van der Waals surface area (Å²) in [6.07, 6.45) is 3.66. The van der Waals surface area contributed by atoms with Crippen molar-refractivity contribution in [1.29, 1.82) is 0 Å². The predicted molar refractivity (Wildman–Crippen MR) is 68.1 cm³/mol. The zero-order valence-corrected chi connectivity index (χ0v) is 10.1. The number of pyridine rings is 1. The van der Waals surface area contributed by atoms with Crippen molar-refractivity contribution in [3.63, 3.8) is 0 Å². The number of nitrogens with zero attached hydrogens (tertiary/aromatic N) is 1. The molecular weight excluding hydrogens is 212 g/mol. The van der Waals surface area contributed by atoms with Gasteiger partial charge in [-0.3, -0.25) is 4.98 Å². The van der Waals surface area contributed by atoms with E-state index in [2.05, 4.69) is 28.5 Å². The van der Waals surface area contributed by atoms with Gasteiger partial charge in [-0.15, -0.1) is 0 Å². The third kappa shape index (κ3) is 2.63. The molecule has 0 aliphatic carbocycles. The Morgan fingerprint density at radius 2 is 1.88 bits per heavy atom. The Labute approximate surface area is 101 Å². The highest BCUT2D eigenvalue weighted by Gasteiger charge is 2.11. The molecule has 88 valence electrons. The second-order valence-electron chi connectivity index (χ2n) is 3.78. The number of nitrogens with one attached hydrogen (secondary N) is 1. The summed E-state index contributed by atoms with van der Waals surface area (Å²) < 4.78 is 5.16. The van der Waals surface area contributed by atoms with Gasteiger partial charge in [-0.25, -0.2) is 0 Å². The third-order valence-electron chi connectivity index (χ3n) is 2.76. The van der Waals surface area contributed by atoms with E-state index in [0.29, 0.717) is 0 Å². The summed E-state index contributed by atoms with van der Waals surface area (Å²) in [4.78, 5) is 4.15. The summed E-state index contributed by atoms with van der Waals surface area (Å²) in [6, 6.07) is 12.2. The molecule has 1 atom stereocenters. The Morgan fingerprint density at radius 3 is 2.41 bits per heavy atom. The van der Waals surface area contributed by atoms with Crippen molar-refractivity contribution in [2.24, 2.45) is 0 Å². The van der Waals surface area contributed by atoms with E-state index in [1.807, 2.05) is 31.4 Å². The second kappa shape index (κ2) is 5.46. The number of ether oxygens (including phenoxy) is 1. The van der Waals surface area contributed by atoms with E-state index in [4.69, 9.17) is 4.74 Å². The van der Waals surface area contributed by atoms with Gasteiger partial charge in [0.05, 0.1) is 13.2 Å². The standard InChI is InChI=1S/C14H16N2O/c1-15-14(12-4-3-9-16-10-12)11-5-7-13(17-2)8-6-11/h3-10,14-15H,1-2H3. The monoisotopic (exact) mass is 228 g/mol. The summed E-state index contributed by atoms with van der Waals surface area (Å²) in [7, 11) is 3.62. The first-order valence-electron chi connectivity index (χ1n) is 5.56. The maximum absolute atomic E-state index is 5.16. The zero-order valence-electron chi connectivity index (χ0n) is 10.1. The van der Waals surface area contributed by atoms with Crippen LogP contribution in [0.1, 0.15) is 17.2 Å². The van der Waals surface area contributed by atoms with Crippen molar-refractivity contribution in [2.75, 3.05) is 14.2 Å². The minimum absolute atomic E-state index is 0.162. The molecule has 3 nitrogen and oxygen atoms in total. The Bertz CT molecular complexity index is 453. The molecule has 0 bridgehead atoms. The van der Waals surface area contributed by atoms with E-state index in [0.717, 1.165) is 11.3 Å². The van der Waals surface area contributed by atoms with Crippen LogP contribution in [0.5, 0.6) is 5.75 Å². The number of benzene rings is 1. The molecule has 0 saturated heterocycles. The van der Waals surface area contributed by atoms with Crippen LogP contribution in [-0.4, -0.2) is 19.1 Å². The van der Waals surface area contributed by atoms with Gasteiger partial charge in [-0.1, -0.05) is 18.2 Å². The first-order valence-corrected chi connectivity index (χ1v) is 5.56. The average Bonchev–Trinajstić information content (AvgIpc) is 2.42. The molecule has 0 amide bonds.